The Bertz CT molecular complexity index is 488. The molecule has 0 saturated heterocycles. The van der Waals surface area contributed by atoms with Crippen molar-refractivity contribution in [2.24, 2.45) is 0 Å². The second-order valence-corrected chi connectivity index (χ2v) is 3.64. The Morgan fingerprint density at radius 2 is 1.28 bits per heavy atom. The average Bonchev–Trinajstić information content (AvgIpc) is 2.36. The quantitative estimate of drug-likeness (QED) is 0.513. The lowest BCUT2D eigenvalue weighted by Crippen LogP contribution is -1.96. The van der Waals surface area contributed by atoms with Crippen LogP contribution in [0, 0.1) is 0 Å². The third-order valence-corrected chi connectivity index (χ3v) is 2.62. The molecule has 1 aliphatic rings. The molecular weight excluding hydrogens is 228 g/mol. The van der Waals surface area contributed by atoms with E-state index >= 15 is 0 Å². The Kier molecular flexibility index (Phi) is 3.44. The summed E-state index contributed by atoms with van der Waals surface area (Å²) in [6, 6.07) is 17.1. The van der Waals surface area contributed by atoms with Gasteiger partial charge >= 0.3 is 6.16 Å². The van der Waals surface area contributed by atoms with Gasteiger partial charge in [-0.15, -0.1) is 0 Å². The zero-order chi connectivity index (χ0) is 13.0. The molecular formula is C15H12O3. The summed E-state index contributed by atoms with van der Waals surface area (Å²) >= 11 is 0. The van der Waals surface area contributed by atoms with E-state index in [2.05, 4.69) is 59.8 Å². The highest BCUT2D eigenvalue weighted by atomic mass is 16.7. The molecule has 0 aromatic heterocycles. The van der Waals surface area contributed by atoms with Crippen LogP contribution in [-0.2, 0) is 4.74 Å². The molecule has 0 spiro atoms. The number of hydrogen-bond donors (Lipinski definition) is 1. The van der Waals surface area contributed by atoms with Crippen LogP contribution in [0.1, 0.15) is 0 Å². The molecule has 0 bridgehead atoms. The van der Waals surface area contributed by atoms with Crippen LogP contribution >= 0.6 is 0 Å². The Labute approximate surface area is 105 Å². The number of benzene rings is 2. The Hall–Kier alpha value is -2.55. The highest BCUT2D eigenvalue weighted by Crippen LogP contribution is 2.46. The van der Waals surface area contributed by atoms with Gasteiger partial charge in [0.05, 0.1) is 6.26 Å². The van der Waals surface area contributed by atoms with Crippen molar-refractivity contribution in [2.45, 2.75) is 0 Å². The smallest absolute Gasteiger partial charge is 0.449 e. The predicted octanol–water partition coefficient (Wildman–Crippen LogP) is 4.16. The van der Waals surface area contributed by atoms with Crippen molar-refractivity contribution < 1.29 is 14.6 Å². The van der Waals surface area contributed by atoms with E-state index < -0.39 is 6.16 Å². The SMILES string of the molecule is C=COC(=O)O.c1ccc2c(c1)-c1ccccc1-2. The fourth-order valence-electron chi connectivity index (χ4n) is 1.91. The van der Waals surface area contributed by atoms with E-state index in [-0.39, 0.29) is 0 Å². The van der Waals surface area contributed by atoms with Gasteiger partial charge in [0, 0.05) is 0 Å². The van der Waals surface area contributed by atoms with Crippen LogP contribution in [0.4, 0.5) is 4.79 Å². The molecule has 2 aromatic rings. The fraction of sp³-hybridized carbons (Fsp3) is 0. The number of hydrogen-bond acceptors (Lipinski definition) is 2. The molecule has 0 unspecified atom stereocenters. The first kappa shape index (κ1) is 11.9. The van der Waals surface area contributed by atoms with Crippen molar-refractivity contribution in [3.8, 4) is 22.3 Å². The topological polar surface area (TPSA) is 46.5 Å². The largest absolute Gasteiger partial charge is 0.510 e. The van der Waals surface area contributed by atoms with Crippen LogP contribution in [0.15, 0.2) is 61.4 Å². The summed E-state index contributed by atoms with van der Waals surface area (Å²) in [5.41, 5.74) is 5.59. The molecule has 0 amide bonds. The lowest BCUT2D eigenvalue weighted by atomic mass is 9.81. The standard InChI is InChI=1S/C12H8.C3H4O3/c1-2-6-10-9(5-1)11-7-3-4-8-12(10)11;1-2-6-3(4)5/h1-8H;2H,1H2,(H,4,5). The van der Waals surface area contributed by atoms with Crippen molar-refractivity contribution >= 4 is 6.16 Å². The molecule has 90 valence electrons. The second kappa shape index (κ2) is 5.19. The average molecular weight is 240 g/mol. The summed E-state index contributed by atoms with van der Waals surface area (Å²) < 4.78 is 3.72. The van der Waals surface area contributed by atoms with Crippen molar-refractivity contribution in [1.82, 2.24) is 0 Å². The molecule has 3 heteroatoms. The summed E-state index contributed by atoms with van der Waals surface area (Å²) in [5, 5.41) is 7.62. The number of ether oxygens (including phenoxy) is 1. The number of carbonyl (C=O) groups is 1. The van der Waals surface area contributed by atoms with E-state index in [9.17, 15) is 4.79 Å². The summed E-state index contributed by atoms with van der Waals surface area (Å²) in [4.78, 5) is 9.31. The normalized spacial score (nSPS) is 9.78. The van der Waals surface area contributed by atoms with E-state index in [0.717, 1.165) is 6.26 Å². The summed E-state index contributed by atoms with van der Waals surface area (Å²) in [7, 11) is 0. The molecule has 2 aromatic carbocycles. The first-order chi connectivity index (χ1) is 8.74. The van der Waals surface area contributed by atoms with Crippen LogP contribution < -0.4 is 0 Å². The zero-order valence-corrected chi connectivity index (χ0v) is 9.67. The van der Waals surface area contributed by atoms with Gasteiger partial charge in [-0.05, 0) is 22.3 Å². The highest BCUT2D eigenvalue weighted by Gasteiger charge is 2.19. The monoisotopic (exact) mass is 240 g/mol. The lowest BCUT2D eigenvalue weighted by molar-refractivity contribution is 0.128. The van der Waals surface area contributed by atoms with Crippen LogP contribution in [-0.4, -0.2) is 11.3 Å². The van der Waals surface area contributed by atoms with Crippen LogP contribution in [0.5, 0.6) is 0 Å². The molecule has 0 aliphatic heterocycles. The predicted molar refractivity (Wildman–Crippen MR) is 70.2 cm³/mol. The zero-order valence-electron chi connectivity index (χ0n) is 9.67. The van der Waals surface area contributed by atoms with Crippen molar-refractivity contribution in [2.75, 3.05) is 0 Å². The number of rotatable bonds is 1. The van der Waals surface area contributed by atoms with Crippen molar-refractivity contribution in [1.29, 1.82) is 0 Å². The van der Waals surface area contributed by atoms with Crippen LogP contribution in [0.25, 0.3) is 22.3 Å². The van der Waals surface area contributed by atoms with E-state index in [1.165, 1.54) is 22.3 Å². The van der Waals surface area contributed by atoms with Crippen LogP contribution in [0.3, 0.4) is 0 Å². The third kappa shape index (κ3) is 2.25. The first-order valence-corrected chi connectivity index (χ1v) is 5.43. The molecule has 0 atom stereocenters. The summed E-state index contributed by atoms with van der Waals surface area (Å²) in [6.45, 7) is 3.00. The first-order valence-electron chi connectivity index (χ1n) is 5.43. The van der Waals surface area contributed by atoms with Crippen LogP contribution in [0.2, 0.25) is 0 Å². The molecule has 0 saturated carbocycles. The fourth-order valence-corrected chi connectivity index (χ4v) is 1.91. The lowest BCUT2D eigenvalue weighted by Gasteiger charge is -2.22. The van der Waals surface area contributed by atoms with Gasteiger partial charge in [-0.1, -0.05) is 55.1 Å². The summed E-state index contributed by atoms with van der Waals surface area (Å²) in [6.07, 6.45) is -0.479. The van der Waals surface area contributed by atoms with Gasteiger partial charge in [0.25, 0.3) is 0 Å². The minimum absolute atomic E-state index is 0.850. The van der Waals surface area contributed by atoms with Crippen molar-refractivity contribution in [3.63, 3.8) is 0 Å². The minimum atomic E-state index is -1.33. The second-order valence-electron chi connectivity index (χ2n) is 3.64. The molecule has 3 nitrogen and oxygen atoms in total. The van der Waals surface area contributed by atoms with Gasteiger partial charge in [-0.3, -0.25) is 0 Å². The molecule has 3 rings (SSSR count). The molecule has 0 heterocycles. The van der Waals surface area contributed by atoms with Gasteiger partial charge < -0.3 is 9.84 Å². The third-order valence-electron chi connectivity index (χ3n) is 2.62. The van der Waals surface area contributed by atoms with Gasteiger partial charge in [0.15, 0.2) is 0 Å². The number of fused-ring (bicyclic) bond motifs is 4. The maximum Gasteiger partial charge on any atom is 0.510 e. The molecule has 0 fully saturated rings. The molecule has 1 N–H and O–H groups in total. The summed E-state index contributed by atoms with van der Waals surface area (Å²) in [5.74, 6) is 0. The molecule has 0 radical (unpaired) electrons. The van der Waals surface area contributed by atoms with E-state index in [1.54, 1.807) is 0 Å². The molecule has 18 heavy (non-hydrogen) atoms. The highest BCUT2D eigenvalue weighted by molar-refractivity contribution is 6.02. The van der Waals surface area contributed by atoms with Gasteiger partial charge in [0.2, 0.25) is 0 Å². The van der Waals surface area contributed by atoms with E-state index in [0.29, 0.717) is 0 Å². The maximum absolute atomic E-state index is 9.31. The van der Waals surface area contributed by atoms with Gasteiger partial charge in [-0.25, -0.2) is 4.79 Å². The Morgan fingerprint density at radius 1 is 0.944 bits per heavy atom. The van der Waals surface area contributed by atoms with E-state index in [4.69, 9.17) is 5.11 Å². The maximum atomic E-state index is 9.31. The Balaban J connectivity index is 0.000000174. The number of carboxylic acid groups (broad SMARTS) is 1. The Morgan fingerprint density at radius 3 is 1.44 bits per heavy atom. The van der Waals surface area contributed by atoms with Crippen molar-refractivity contribution in [3.05, 3.63) is 61.4 Å². The van der Waals surface area contributed by atoms with Gasteiger partial charge in [-0.2, -0.15) is 0 Å². The van der Waals surface area contributed by atoms with Gasteiger partial charge in [0.1, 0.15) is 0 Å². The minimum Gasteiger partial charge on any atom is -0.449 e. The van der Waals surface area contributed by atoms with E-state index in [1.807, 2.05) is 0 Å². The molecule has 1 aliphatic carbocycles.